The molecule has 1 amide bonds. The van der Waals surface area contributed by atoms with Crippen LogP contribution in [0.25, 0.3) is 5.57 Å². The topological polar surface area (TPSA) is 88.9 Å². The second-order valence-electron chi connectivity index (χ2n) is 10.2. The van der Waals surface area contributed by atoms with Gasteiger partial charge in [0.05, 0.1) is 26.0 Å². The van der Waals surface area contributed by atoms with Crippen LogP contribution < -0.4 is 9.64 Å². The standard InChI is InChI=1S/C34H37BN2O5/c1-4-41-33(38)22-31-27(21-26-12-5-6-14-30(26)31)13-8-10-24-9-7-11-25(19-24)20-32(35-42-23-36)34(39)37(2)28-15-17-29(40-3)18-16-28/h5-9,11-19,23,32,35-36H,4,10,20-22H2,1-3H3/t32-/m0/s1. The summed E-state index contributed by atoms with van der Waals surface area (Å²) < 4.78 is 15.7. The lowest BCUT2D eigenvalue weighted by molar-refractivity contribution is -0.141. The van der Waals surface area contributed by atoms with Gasteiger partial charge in [0.2, 0.25) is 5.91 Å². The third kappa shape index (κ3) is 7.78. The van der Waals surface area contributed by atoms with Gasteiger partial charge in [0.1, 0.15) is 12.2 Å². The van der Waals surface area contributed by atoms with Crippen LogP contribution in [0.4, 0.5) is 5.69 Å². The Balaban J connectivity index is 1.46. The SMILES string of the molecule is CCOC(=O)CC1=C(C=CCc2cccc(C[C@H](BOC=N)C(=O)N(C)c3ccc(OC)cc3)c2)Cc2ccccc21. The highest BCUT2D eigenvalue weighted by atomic mass is 16.5. The highest BCUT2D eigenvalue weighted by Crippen LogP contribution is 2.36. The fourth-order valence-electron chi connectivity index (χ4n) is 5.27. The molecule has 4 rings (SSSR count). The fraction of sp³-hybridized carbons (Fsp3) is 0.265. The summed E-state index contributed by atoms with van der Waals surface area (Å²) in [5, 5.41) is 7.31. The van der Waals surface area contributed by atoms with E-state index >= 15 is 0 Å². The first kappa shape index (κ1) is 30.4. The van der Waals surface area contributed by atoms with Gasteiger partial charge in [-0.25, -0.2) is 0 Å². The lowest BCUT2D eigenvalue weighted by Gasteiger charge is -2.23. The zero-order valence-corrected chi connectivity index (χ0v) is 24.5. The van der Waals surface area contributed by atoms with Gasteiger partial charge in [-0.05, 0) is 83.9 Å². The van der Waals surface area contributed by atoms with Crippen LogP contribution in [0, 0.1) is 5.41 Å². The summed E-state index contributed by atoms with van der Waals surface area (Å²) in [6, 6.07) is 23.7. The summed E-state index contributed by atoms with van der Waals surface area (Å²) in [5.74, 6) is -0.0408. The van der Waals surface area contributed by atoms with Gasteiger partial charge in [0, 0.05) is 12.7 Å². The zero-order chi connectivity index (χ0) is 29.9. The molecule has 1 N–H and O–H groups in total. The Bertz CT molecular complexity index is 1460. The number of allylic oxidation sites excluding steroid dienone is 3. The van der Waals surface area contributed by atoms with Crippen molar-refractivity contribution in [3.8, 4) is 5.75 Å². The van der Waals surface area contributed by atoms with E-state index in [1.807, 2.05) is 55.5 Å². The van der Waals surface area contributed by atoms with Gasteiger partial charge in [0.25, 0.3) is 0 Å². The van der Waals surface area contributed by atoms with Gasteiger partial charge in [-0.15, -0.1) is 0 Å². The average molecular weight is 564 g/mol. The van der Waals surface area contributed by atoms with E-state index in [0.29, 0.717) is 19.4 Å². The molecule has 42 heavy (non-hydrogen) atoms. The van der Waals surface area contributed by atoms with E-state index < -0.39 is 5.82 Å². The van der Waals surface area contributed by atoms with E-state index in [0.717, 1.165) is 52.1 Å². The smallest absolute Gasteiger partial charge is 0.354 e. The Kier molecular flexibility index (Phi) is 10.8. The zero-order valence-electron chi connectivity index (χ0n) is 24.5. The van der Waals surface area contributed by atoms with Crippen molar-refractivity contribution in [2.45, 2.75) is 38.4 Å². The number of amides is 1. The van der Waals surface area contributed by atoms with Crippen molar-refractivity contribution in [1.29, 1.82) is 5.41 Å². The van der Waals surface area contributed by atoms with Gasteiger partial charge in [0.15, 0.2) is 0 Å². The monoisotopic (exact) mass is 564 g/mol. The van der Waals surface area contributed by atoms with Crippen molar-refractivity contribution in [3.63, 3.8) is 0 Å². The summed E-state index contributed by atoms with van der Waals surface area (Å²) >= 11 is 0. The van der Waals surface area contributed by atoms with Crippen molar-refractivity contribution in [1.82, 2.24) is 0 Å². The van der Waals surface area contributed by atoms with Gasteiger partial charge >= 0.3 is 13.5 Å². The number of ether oxygens (including phenoxy) is 2. The maximum atomic E-state index is 13.4. The molecule has 8 heteroatoms. The molecular formula is C34H37BN2O5. The van der Waals surface area contributed by atoms with Crippen molar-refractivity contribution in [2.75, 3.05) is 25.7 Å². The van der Waals surface area contributed by atoms with Crippen LogP contribution in [0.15, 0.2) is 90.5 Å². The number of carbonyl (C=O) groups excluding carboxylic acids is 2. The van der Waals surface area contributed by atoms with Crippen molar-refractivity contribution in [3.05, 3.63) is 113 Å². The first-order valence-corrected chi connectivity index (χ1v) is 14.2. The van der Waals surface area contributed by atoms with Crippen molar-refractivity contribution in [2.24, 2.45) is 0 Å². The van der Waals surface area contributed by atoms with Crippen LogP contribution in [0.3, 0.4) is 0 Å². The Morgan fingerprint density at radius 2 is 1.81 bits per heavy atom. The molecule has 0 unspecified atom stereocenters. The molecule has 0 radical (unpaired) electrons. The van der Waals surface area contributed by atoms with Crippen LogP contribution >= 0.6 is 0 Å². The maximum Gasteiger partial charge on any atom is 0.354 e. The summed E-state index contributed by atoms with van der Waals surface area (Å²) in [5.41, 5.74) is 7.40. The lowest BCUT2D eigenvalue weighted by atomic mass is 9.74. The van der Waals surface area contributed by atoms with Gasteiger partial charge in [-0.2, -0.15) is 0 Å². The van der Waals surface area contributed by atoms with Gasteiger partial charge < -0.3 is 19.0 Å². The maximum absolute atomic E-state index is 13.4. The molecule has 0 heterocycles. The summed E-state index contributed by atoms with van der Waals surface area (Å²) in [6.45, 7) is 2.19. The predicted octanol–water partition coefficient (Wildman–Crippen LogP) is 5.73. The normalized spacial score (nSPS) is 12.9. The molecule has 216 valence electrons. The number of benzene rings is 3. The second kappa shape index (κ2) is 14.9. The third-order valence-corrected chi connectivity index (χ3v) is 7.40. The number of anilines is 1. The molecule has 1 atom stereocenters. The summed E-state index contributed by atoms with van der Waals surface area (Å²) in [6.07, 6.45) is 7.37. The number of rotatable bonds is 14. The molecule has 3 aromatic carbocycles. The molecule has 0 aliphatic heterocycles. The third-order valence-electron chi connectivity index (χ3n) is 7.40. The number of hydrogen-bond acceptors (Lipinski definition) is 6. The highest BCUT2D eigenvalue weighted by Gasteiger charge is 2.26. The number of hydrogen-bond donors (Lipinski definition) is 1. The summed E-state index contributed by atoms with van der Waals surface area (Å²) in [7, 11) is 3.47. The van der Waals surface area contributed by atoms with E-state index in [-0.39, 0.29) is 25.8 Å². The first-order valence-electron chi connectivity index (χ1n) is 14.2. The van der Waals surface area contributed by atoms with E-state index in [4.69, 9.17) is 19.5 Å². The Morgan fingerprint density at radius 1 is 1.05 bits per heavy atom. The molecule has 0 saturated carbocycles. The minimum Gasteiger partial charge on any atom is -0.556 e. The molecule has 1 aliphatic carbocycles. The predicted molar refractivity (Wildman–Crippen MR) is 168 cm³/mol. The number of nitrogens with zero attached hydrogens (tertiary/aromatic N) is 1. The molecule has 0 saturated heterocycles. The number of methoxy groups -OCH3 is 1. The van der Waals surface area contributed by atoms with E-state index in [9.17, 15) is 9.59 Å². The Morgan fingerprint density at radius 3 is 2.55 bits per heavy atom. The Hall–Kier alpha value is -4.59. The largest absolute Gasteiger partial charge is 0.556 e. The van der Waals surface area contributed by atoms with E-state index in [2.05, 4.69) is 36.4 Å². The molecule has 1 aliphatic rings. The van der Waals surface area contributed by atoms with Crippen molar-refractivity contribution >= 4 is 37.0 Å². The molecular weight excluding hydrogens is 527 g/mol. The highest BCUT2D eigenvalue weighted by molar-refractivity contribution is 6.40. The number of fused-ring (bicyclic) bond motifs is 1. The first-order chi connectivity index (χ1) is 20.4. The molecule has 0 spiro atoms. The average Bonchev–Trinajstić information content (AvgIpc) is 3.35. The number of esters is 1. The van der Waals surface area contributed by atoms with Crippen LogP contribution in [0.5, 0.6) is 5.75 Å². The molecule has 0 bridgehead atoms. The minimum atomic E-state index is -0.461. The quantitative estimate of drug-likeness (QED) is 0.117. The molecule has 3 aromatic rings. The lowest BCUT2D eigenvalue weighted by Crippen LogP contribution is -2.34. The molecule has 0 fully saturated rings. The molecule has 0 aromatic heterocycles. The molecule has 7 nitrogen and oxygen atoms in total. The van der Waals surface area contributed by atoms with Crippen LogP contribution in [0.2, 0.25) is 5.82 Å². The van der Waals surface area contributed by atoms with Gasteiger partial charge in [-0.1, -0.05) is 60.7 Å². The number of carbonyl (C=O) groups is 2. The van der Waals surface area contributed by atoms with Crippen LogP contribution in [0.1, 0.15) is 35.6 Å². The van der Waals surface area contributed by atoms with Crippen LogP contribution in [-0.2, 0) is 38.2 Å². The summed E-state index contributed by atoms with van der Waals surface area (Å²) in [4.78, 5) is 27.4. The van der Waals surface area contributed by atoms with Gasteiger partial charge in [-0.3, -0.25) is 15.0 Å². The van der Waals surface area contributed by atoms with E-state index in [1.165, 1.54) is 5.56 Å². The fourth-order valence-corrected chi connectivity index (χ4v) is 5.27. The van der Waals surface area contributed by atoms with Crippen molar-refractivity contribution < 1.29 is 23.7 Å². The Labute approximate surface area is 248 Å². The van der Waals surface area contributed by atoms with E-state index in [1.54, 1.807) is 19.1 Å². The minimum absolute atomic E-state index is 0.0887. The van der Waals surface area contributed by atoms with Crippen LogP contribution in [-0.4, -0.2) is 46.5 Å². The second-order valence-corrected chi connectivity index (χ2v) is 10.2. The number of nitrogens with one attached hydrogen (secondary N) is 1.